The normalized spacial score (nSPS) is 17.9. The van der Waals surface area contributed by atoms with Gasteiger partial charge in [0.1, 0.15) is 0 Å². The number of benzene rings is 1. The van der Waals surface area contributed by atoms with Crippen LogP contribution in [-0.4, -0.2) is 30.9 Å². The summed E-state index contributed by atoms with van der Waals surface area (Å²) in [5.74, 6) is 0.426. The molecule has 3 nitrogen and oxygen atoms in total. The number of carbonyl (C=O) groups excluding carboxylic acids is 1. The molecule has 2 aromatic rings. The van der Waals surface area contributed by atoms with Gasteiger partial charge in [0.2, 0.25) is 5.91 Å². The molecule has 1 aliphatic rings. The number of nitrogens with zero attached hydrogens (tertiary/aromatic N) is 1. The Morgan fingerprint density at radius 1 is 1.45 bits per heavy atom. The first-order valence-electron chi connectivity index (χ1n) is 6.66. The summed E-state index contributed by atoms with van der Waals surface area (Å²) in [4.78, 5) is 14.2. The lowest BCUT2D eigenvalue weighted by Crippen LogP contribution is -2.33. The fourth-order valence-electron chi connectivity index (χ4n) is 2.67. The van der Waals surface area contributed by atoms with Crippen LogP contribution in [0.5, 0.6) is 0 Å². The largest absolute Gasteiger partial charge is 0.341 e. The Morgan fingerprint density at radius 2 is 2.25 bits per heavy atom. The van der Waals surface area contributed by atoms with Crippen molar-refractivity contribution >= 4 is 39.7 Å². The molecule has 5 heteroatoms. The van der Waals surface area contributed by atoms with Gasteiger partial charge in [-0.2, -0.15) is 0 Å². The predicted molar refractivity (Wildman–Crippen MR) is 86.5 cm³/mol. The molecule has 3 rings (SSSR count). The molecule has 1 aliphatic heterocycles. The lowest BCUT2D eigenvalue weighted by Gasteiger charge is -2.20. The zero-order valence-electron chi connectivity index (χ0n) is 11.5. The second kappa shape index (κ2) is 6.57. The van der Waals surface area contributed by atoms with Gasteiger partial charge in [0.25, 0.3) is 0 Å². The third-order valence-corrected chi connectivity index (χ3v) is 4.77. The van der Waals surface area contributed by atoms with Crippen LogP contribution < -0.4 is 5.32 Å². The van der Waals surface area contributed by atoms with Gasteiger partial charge < -0.3 is 10.2 Å². The summed E-state index contributed by atoms with van der Waals surface area (Å²) in [6.45, 7) is 2.50. The third-order valence-electron chi connectivity index (χ3n) is 3.75. The van der Waals surface area contributed by atoms with E-state index in [-0.39, 0.29) is 24.2 Å². The highest BCUT2D eigenvalue weighted by Gasteiger charge is 2.25. The maximum Gasteiger partial charge on any atom is 0.227 e. The van der Waals surface area contributed by atoms with Gasteiger partial charge in [-0.15, -0.1) is 23.7 Å². The number of rotatable bonds is 3. The van der Waals surface area contributed by atoms with Crippen molar-refractivity contribution in [2.24, 2.45) is 5.92 Å². The number of amides is 1. The van der Waals surface area contributed by atoms with Crippen molar-refractivity contribution in [2.75, 3.05) is 20.1 Å². The maximum atomic E-state index is 12.3. The molecular weight excluding hydrogens is 292 g/mol. The molecule has 0 radical (unpaired) electrons. The first-order chi connectivity index (χ1) is 9.25. The van der Waals surface area contributed by atoms with Gasteiger partial charge in [0.15, 0.2) is 0 Å². The number of carbonyl (C=O) groups is 1. The number of hydrogen-bond acceptors (Lipinski definition) is 3. The number of halogens is 1. The summed E-state index contributed by atoms with van der Waals surface area (Å²) in [6.07, 6.45) is 0.966. The summed E-state index contributed by atoms with van der Waals surface area (Å²) in [5.41, 5.74) is 1.25. The molecule has 1 atom stereocenters. The zero-order valence-corrected chi connectivity index (χ0v) is 13.1. The Kier molecular flexibility index (Phi) is 5.02. The van der Waals surface area contributed by atoms with Crippen LogP contribution in [-0.2, 0) is 11.3 Å². The molecule has 1 fully saturated rings. The molecule has 1 aromatic carbocycles. The van der Waals surface area contributed by atoms with Gasteiger partial charge in [-0.05, 0) is 35.4 Å². The molecule has 108 valence electrons. The van der Waals surface area contributed by atoms with Crippen LogP contribution in [0.25, 0.3) is 10.1 Å². The molecule has 20 heavy (non-hydrogen) atoms. The quantitative estimate of drug-likeness (QED) is 0.945. The highest BCUT2D eigenvalue weighted by Crippen LogP contribution is 2.26. The van der Waals surface area contributed by atoms with E-state index < -0.39 is 0 Å². The fraction of sp³-hybridized carbons (Fsp3) is 0.400. The molecule has 1 aromatic heterocycles. The average Bonchev–Trinajstić information content (AvgIpc) is 3.08. The van der Waals surface area contributed by atoms with Crippen LogP contribution in [0.2, 0.25) is 0 Å². The Labute approximate surface area is 129 Å². The van der Waals surface area contributed by atoms with Crippen LogP contribution in [0.3, 0.4) is 0 Å². The van der Waals surface area contributed by atoms with Crippen LogP contribution in [0.1, 0.15) is 12.0 Å². The van der Waals surface area contributed by atoms with Crippen molar-refractivity contribution in [1.82, 2.24) is 10.2 Å². The molecule has 0 spiro atoms. The summed E-state index contributed by atoms with van der Waals surface area (Å²) in [5, 5.41) is 6.69. The van der Waals surface area contributed by atoms with E-state index >= 15 is 0 Å². The molecule has 1 saturated heterocycles. The average molecular weight is 311 g/mol. The molecule has 1 N–H and O–H groups in total. The number of thiophene rings is 1. The van der Waals surface area contributed by atoms with Crippen LogP contribution in [0.15, 0.2) is 29.6 Å². The summed E-state index contributed by atoms with van der Waals surface area (Å²) < 4.78 is 1.29. The first kappa shape index (κ1) is 15.3. The van der Waals surface area contributed by atoms with Crippen LogP contribution in [0, 0.1) is 5.92 Å². The van der Waals surface area contributed by atoms with E-state index in [9.17, 15) is 4.79 Å². The minimum Gasteiger partial charge on any atom is -0.341 e. The van der Waals surface area contributed by atoms with E-state index in [2.05, 4.69) is 35.0 Å². The zero-order chi connectivity index (χ0) is 13.2. The summed E-state index contributed by atoms with van der Waals surface area (Å²) in [6, 6.07) is 8.38. The van der Waals surface area contributed by atoms with Gasteiger partial charge >= 0.3 is 0 Å². The van der Waals surface area contributed by atoms with Crippen molar-refractivity contribution < 1.29 is 4.79 Å². The minimum atomic E-state index is 0. The van der Waals surface area contributed by atoms with E-state index in [1.165, 1.54) is 15.6 Å². The summed E-state index contributed by atoms with van der Waals surface area (Å²) >= 11 is 1.75. The Hall–Kier alpha value is -1.10. The van der Waals surface area contributed by atoms with Gasteiger partial charge in [-0.3, -0.25) is 4.79 Å². The number of hydrogen-bond donors (Lipinski definition) is 1. The highest BCUT2D eigenvalue weighted by atomic mass is 35.5. The molecule has 0 aliphatic carbocycles. The predicted octanol–water partition coefficient (Wildman–Crippen LogP) is 2.89. The van der Waals surface area contributed by atoms with Gasteiger partial charge in [-0.25, -0.2) is 0 Å². The topological polar surface area (TPSA) is 32.3 Å². The molecule has 2 heterocycles. The van der Waals surface area contributed by atoms with E-state index in [0.717, 1.165) is 19.5 Å². The number of nitrogens with one attached hydrogen (secondary N) is 1. The van der Waals surface area contributed by atoms with E-state index in [0.29, 0.717) is 6.54 Å². The van der Waals surface area contributed by atoms with Crippen LogP contribution >= 0.6 is 23.7 Å². The molecule has 0 bridgehead atoms. The Balaban J connectivity index is 0.00000147. The standard InChI is InChI=1S/C15H18N2OS.ClH/c1-17(15(18)11-6-7-16-8-11)9-12-10-19-14-5-3-2-4-13(12)14;/h2-5,10-11,16H,6-9H2,1H3;1H. The number of fused-ring (bicyclic) bond motifs is 1. The van der Waals surface area contributed by atoms with Gasteiger partial charge in [-0.1, -0.05) is 18.2 Å². The molecule has 1 unspecified atom stereocenters. The van der Waals surface area contributed by atoms with Crippen LogP contribution in [0.4, 0.5) is 0 Å². The lowest BCUT2D eigenvalue weighted by molar-refractivity contribution is -0.134. The fourth-order valence-corrected chi connectivity index (χ4v) is 3.62. The van der Waals surface area contributed by atoms with Gasteiger partial charge in [0, 0.05) is 24.8 Å². The van der Waals surface area contributed by atoms with E-state index in [1.54, 1.807) is 11.3 Å². The smallest absolute Gasteiger partial charge is 0.227 e. The third kappa shape index (κ3) is 2.97. The summed E-state index contributed by atoms with van der Waals surface area (Å²) in [7, 11) is 1.91. The monoisotopic (exact) mass is 310 g/mol. The van der Waals surface area contributed by atoms with E-state index in [4.69, 9.17) is 0 Å². The Morgan fingerprint density at radius 3 is 3.00 bits per heavy atom. The van der Waals surface area contributed by atoms with Gasteiger partial charge in [0.05, 0.1) is 5.92 Å². The molecule has 1 amide bonds. The lowest BCUT2D eigenvalue weighted by atomic mass is 10.1. The molecular formula is C15H19ClN2OS. The van der Waals surface area contributed by atoms with Crippen molar-refractivity contribution in [3.05, 3.63) is 35.2 Å². The van der Waals surface area contributed by atoms with Crippen molar-refractivity contribution in [2.45, 2.75) is 13.0 Å². The van der Waals surface area contributed by atoms with Crippen molar-refractivity contribution in [3.8, 4) is 0 Å². The SMILES string of the molecule is CN(Cc1csc2ccccc12)C(=O)C1CCNC1.Cl. The maximum absolute atomic E-state index is 12.3. The molecule has 0 saturated carbocycles. The highest BCUT2D eigenvalue weighted by molar-refractivity contribution is 7.17. The van der Waals surface area contributed by atoms with Crippen molar-refractivity contribution in [3.63, 3.8) is 0 Å². The first-order valence-corrected chi connectivity index (χ1v) is 7.54. The second-order valence-corrected chi connectivity index (χ2v) is 6.05. The van der Waals surface area contributed by atoms with Crippen molar-refractivity contribution in [1.29, 1.82) is 0 Å². The van der Waals surface area contributed by atoms with E-state index in [1.807, 2.05) is 11.9 Å². The second-order valence-electron chi connectivity index (χ2n) is 5.14. The minimum absolute atomic E-state index is 0. The Bertz CT molecular complexity index is 592.